The molecule has 4 N–H and O–H groups in total. The summed E-state index contributed by atoms with van der Waals surface area (Å²) in [4.78, 5) is 14.7. The fraction of sp³-hybridized carbons (Fsp3) is 0.500. The third-order valence-electron chi connectivity index (χ3n) is 2.66. The van der Waals surface area contributed by atoms with Gasteiger partial charge < -0.3 is 15.3 Å². The first-order chi connectivity index (χ1) is 9.44. The van der Waals surface area contributed by atoms with Gasteiger partial charge in [-0.25, -0.2) is 4.79 Å². The summed E-state index contributed by atoms with van der Waals surface area (Å²) in [6.07, 6.45) is 3.54. The molecule has 114 valence electrons. The van der Waals surface area contributed by atoms with Crippen LogP contribution in [0.3, 0.4) is 0 Å². The lowest BCUT2D eigenvalue weighted by molar-refractivity contribution is -0.182. The van der Waals surface area contributed by atoms with E-state index in [4.69, 9.17) is 5.26 Å². The number of aromatic hydroxyl groups is 3. The van der Waals surface area contributed by atoms with Crippen molar-refractivity contribution >= 4 is 5.97 Å². The maximum Gasteiger partial charge on any atom is 0.373 e. The van der Waals surface area contributed by atoms with Crippen molar-refractivity contribution in [2.45, 2.75) is 46.5 Å². The van der Waals surface area contributed by atoms with Gasteiger partial charge in [0.05, 0.1) is 5.56 Å². The van der Waals surface area contributed by atoms with Crippen molar-refractivity contribution in [2.24, 2.45) is 0 Å². The van der Waals surface area contributed by atoms with E-state index in [1.165, 1.54) is 12.8 Å². The van der Waals surface area contributed by atoms with Crippen LogP contribution in [0.2, 0.25) is 0 Å². The molecule has 0 saturated carbocycles. The standard InChI is InChI=1S/C10H12O6.C4H10/c1-2-3-5-6(10(14)16-15)4-7(11)9(13)8(5)12;1-3-4-2/h4,11-13,15H,2-3H2,1H3;3-4H2,1-2H3. The molecule has 0 aliphatic heterocycles. The third kappa shape index (κ3) is 4.62. The van der Waals surface area contributed by atoms with Gasteiger partial charge in [-0.15, -0.1) is 0 Å². The Balaban J connectivity index is 0.000000796. The highest BCUT2D eigenvalue weighted by Crippen LogP contribution is 2.40. The second-order valence-electron chi connectivity index (χ2n) is 4.25. The summed E-state index contributed by atoms with van der Waals surface area (Å²) in [5, 5.41) is 36.3. The zero-order valence-corrected chi connectivity index (χ0v) is 12.0. The fourth-order valence-electron chi connectivity index (χ4n) is 1.42. The Labute approximate surface area is 118 Å². The molecule has 0 radical (unpaired) electrons. The highest BCUT2D eigenvalue weighted by molar-refractivity contribution is 5.92. The lowest BCUT2D eigenvalue weighted by atomic mass is 10.0. The number of benzene rings is 1. The number of hydrogen-bond acceptors (Lipinski definition) is 6. The molecule has 6 heteroatoms. The van der Waals surface area contributed by atoms with Crippen LogP contribution < -0.4 is 0 Å². The molecule has 0 spiro atoms. The number of phenolic OH excluding ortho intramolecular Hbond substituents is 3. The first-order valence-corrected chi connectivity index (χ1v) is 6.56. The maximum absolute atomic E-state index is 11.1. The van der Waals surface area contributed by atoms with E-state index in [1.807, 2.05) is 0 Å². The molecule has 0 saturated heterocycles. The third-order valence-corrected chi connectivity index (χ3v) is 2.66. The first kappa shape index (κ1) is 18.0. The molecular formula is C14H22O6. The van der Waals surface area contributed by atoms with Crippen molar-refractivity contribution in [3.63, 3.8) is 0 Å². The zero-order valence-electron chi connectivity index (χ0n) is 12.0. The quantitative estimate of drug-likeness (QED) is 0.384. The van der Waals surface area contributed by atoms with Crippen molar-refractivity contribution in [1.29, 1.82) is 0 Å². The molecule has 1 aromatic rings. The maximum atomic E-state index is 11.1. The van der Waals surface area contributed by atoms with Gasteiger partial charge in [-0.2, -0.15) is 5.26 Å². The normalized spacial score (nSPS) is 9.60. The summed E-state index contributed by atoms with van der Waals surface area (Å²) < 4.78 is 0. The summed E-state index contributed by atoms with van der Waals surface area (Å²) in [7, 11) is 0. The zero-order chi connectivity index (χ0) is 15.7. The molecule has 0 atom stereocenters. The first-order valence-electron chi connectivity index (χ1n) is 6.56. The van der Waals surface area contributed by atoms with E-state index >= 15 is 0 Å². The lowest BCUT2D eigenvalue weighted by Gasteiger charge is -2.10. The van der Waals surface area contributed by atoms with Gasteiger partial charge in [0.2, 0.25) is 5.75 Å². The van der Waals surface area contributed by atoms with E-state index in [0.717, 1.165) is 6.07 Å². The predicted octanol–water partition coefficient (Wildman–Crippen LogP) is 3.19. The number of carbonyl (C=O) groups excluding carboxylic acids is 1. The van der Waals surface area contributed by atoms with Crippen LogP contribution in [-0.4, -0.2) is 26.5 Å². The van der Waals surface area contributed by atoms with Gasteiger partial charge in [0.1, 0.15) is 0 Å². The lowest BCUT2D eigenvalue weighted by Crippen LogP contribution is -2.06. The average molecular weight is 286 g/mol. The number of rotatable bonds is 4. The van der Waals surface area contributed by atoms with Crippen LogP contribution in [0.25, 0.3) is 0 Å². The van der Waals surface area contributed by atoms with Crippen molar-refractivity contribution in [1.82, 2.24) is 0 Å². The van der Waals surface area contributed by atoms with E-state index < -0.39 is 23.2 Å². The van der Waals surface area contributed by atoms with Crippen molar-refractivity contribution in [3.05, 3.63) is 17.2 Å². The molecule has 0 aromatic heterocycles. The van der Waals surface area contributed by atoms with Crippen LogP contribution in [0.15, 0.2) is 6.07 Å². The second kappa shape index (κ2) is 9.03. The van der Waals surface area contributed by atoms with Gasteiger partial charge in [0, 0.05) is 5.56 Å². The molecule has 0 amide bonds. The molecular weight excluding hydrogens is 264 g/mol. The van der Waals surface area contributed by atoms with E-state index in [2.05, 4.69) is 18.7 Å². The van der Waals surface area contributed by atoms with E-state index in [-0.39, 0.29) is 11.1 Å². The summed E-state index contributed by atoms with van der Waals surface area (Å²) in [5.41, 5.74) is -0.0611. The number of unbranched alkanes of at least 4 members (excludes halogenated alkanes) is 1. The molecule has 1 rings (SSSR count). The van der Waals surface area contributed by atoms with Gasteiger partial charge in [0.25, 0.3) is 0 Å². The highest BCUT2D eigenvalue weighted by atomic mass is 17.1. The Kier molecular flexibility index (Phi) is 8.15. The Morgan fingerprint density at radius 2 is 1.60 bits per heavy atom. The average Bonchev–Trinajstić information content (AvgIpc) is 2.47. The Hall–Kier alpha value is -1.95. The van der Waals surface area contributed by atoms with Crippen LogP contribution in [0.4, 0.5) is 0 Å². The largest absolute Gasteiger partial charge is 0.504 e. The van der Waals surface area contributed by atoms with E-state index in [0.29, 0.717) is 12.8 Å². The minimum atomic E-state index is -1.10. The van der Waals surface area contributed by atoms with Crippen molar-refractivity contribution in [2.75, 3.05) is 0 Å². The highest BCUT2D eigenvalue weighted by Gasteiger charge is 2.21. The molecule has 0 heterocycles. The van der Waals surface area contributed by atoms with Gasteiger partial charge in [-0.1, -0.05) is 40.0 Å². The monoisotopic (exact) mass is 286 g/mol. The number of carbonyl (C=O) groups is 1. The van der Waals surface area contributed by atoms with Crippen molar-refractivity contribution in [3.8, 4) is 17.2 Å². The molecule has 1 aromatic carbocycles. The van der Waals surface area contributed by atoms with Gasteiger partial charge in [0.15, 0.2) is 11.5 Å². The smallest absolute Gasteiger partial charge is 0.373 e. The van der Waals surface area contributed by atoms with Gasteiger partial charge in [-0.05, 0) is 12.5 Å². The topological polar surface area (TPSA) is 107 Å². The van der Waals surface area contributed by atoms with E-state index in [1.54, 1.807) is 6.92 Å². The summed E-state index contributed by atoms with van der Waals surface area (Å²) in [6, 6.07) is 0.929. The molecule has 0 unspecified atom stereocenters. The minimum absolute atomic E-state index is 0.122. The molecule has 0 aliphatic rings. The Morgan fingerprint density at radius 3 is 2.00 bits per heavy atom. The van der Waals surface area contributed by atoms with Crippen LogP contribution in [-0.2, 0) is 11.3 Å². The Bertz CT molecular complexity index is 440. The summed E-state index contributed by atoms with van der Waals surface area (Å²) in [6.45, 7) is 6.16. The minimum Gasteiger partial charge on any atom is -0.504 e. The van der Waals surface area contributed by atoms with Crippen LogP contribution in [0, 0.1) is 0 Å². The van der Waals surface area contributed by atoms with Crippen LogP contribution >= 0.6 is 0 Å². The molecule has 0 fully saturated rings. The predicted molar refractivity (Wildman–Crippen MR) is 74.1 cm³/mol. The van der Waals surface area contributed by atoms with Gasteiger partial charge in [-0.3, -0.25) is 4.89 Å². The van der Waals surface area contributed by atoms with E-state index in [9.17, 15) is 20.1 Å². The van der Waals surface area contributed by atoms with Crippen LogP contribution in [0.5, 0.6) is 17.2 Å². The molecule has 6 nitrogen and oxygen atoms in total. The van der Waals surface area contributed by atoms with Crippen molar-refractivity contribution < 1.29 is 30.3 Å². The van der Waals surface area contributed by atoms with Crippen LogP contribution in [0.1, 0.15) is 56.0 Å². The number of phenols is 3. The second-order valence-corrected chi connectivity index (χ2v) is 4.25. The molecule has 0 aliphatic carbocycles. The molecule has 0 bridgehead atoms. The fourth-order valence-corrected chi connectivity index (χ4v) is 1.42. The summed E-state index contributed by atoms with van der Waals surface area (Å²) in [5.74, 6) is -3.04. The molecule has 20 heavy (non-hydrogen) atoms. The SMILES string of the molecule is CCCC.CCCc1c(C(=O)OO)cc(O)c(O)c1O. The van der Waals surface area contributed by atoms with Gasteiger partial charge >= 0.3 is 5.97 Å². The Morgan fingerprint density at radius 1 is 1.05 bits per heavy atom. The number of hydrogen-bond donors (Lipinski definition) is 4. The summed E-state index contributed by atoms with van der Waals surface area (Å²) >= 11 is 0.